The number of nitrogens with zero attached hydrogens (tertiary/aromatic N) is 1. The first-order chi connectivity index (χ1) is 13.2. The standard InChI is InChI=1S/C22H27N3O3/c1-22(2,3)24-21(27)23-17-9-10-19-16(13-17)8-11-20(26)25(19)14-15-6-5-7-18(12-15)28-4/h5-7,9-10,12-13H,8,11,14H2,1-4H3,(H2,23,24,27). The summed E-state index contributed by atoms with van der Waals surface area (Å²) in [5.41, 5.74) is 3.36. The van der Waals surface area contributed by atoms with Crippen LogP contribution in [0.2, 0.25) is 0 Å². The van der Waals surface area contributed by atoms with E-state index >= 15 is 0 Å². The molecule has 2 aromatic carbocycles. The minimum atomic E-state index is -0.307. The molecule has 148 valence electrons. The average Bonchev–Trinajstić information content (AvgIpc) is 2.62. The van der Waals surface area contributed by atoms with Crippen molar-refractivity contribution in [2.24, 2.45) is 0 Å². The van der Waals surface area contributed by atoms with Crippen molar-refractivity contribution in [3.63, 3.8) is 0 Å². The van der Waals surface area contributed by atoms with Crippen LogP contribution >= 0.6 is 0 Å². The molecule has 1 heterocycles. The van der Waals surface area contributed by atoms with Gasteiger partial charge >= 0.3 is 6.03 Å². The van der Waals surface area contributed by atoms with Gasteiger partial charge in [0, 0.05) is 23.3 Å². The lowest BCUT2D eigenvalue weighted by molar-refractivity contribution is -0.119. The zero-order valence-corrected chi connectivity index (χ0v) is 16.8. The van der Waals surface area contributed by atoms with Gasteiger partial charge in [-0.05, 0) is 68.7 Å². The molecule has 0 saturated carbocycles. The third-order valence-electron chi connectivity index (χ3n) is 4.50. The molecule has 0 atom stereocenters. The van der Waals surface area contributed by atoms with Gasteiger partial charge < -0.3 is 20.3 Å². The summed E-state index contributed by atoms with van der Waals surface area (Å²) < 4.78 is 5.28. The molecular formula is C22H27N3O3. The number of hydrogen-bond donors (Lipinski definition) is 2. The van der Waals surface area contributed by atoms with Crippen LogP contribution < -0.4 is 20.3 Å². The second kappa shape index (κ2) is 7.92. The summed E-state index contributed by atoms with van der Waals surface area (Å²) in [7, 11) is 1.63. The molecule has 0 aliphatic carbocycles. The third-order valence-corrected chi connectivity index (χ3v) is 4.50. The van der Waals surface area contributed by atoms with E-state index in [4.69, 9.17) is 4.74 Å². The highest BCUT2D eigenvalue weighted by Crippen LogP contribution is 2.32. The Hall–Kier alpha value is -3.02. The van der Waals surface area contributed by atoms with E-state index in [1.165, 1.54) is 0 Å². The van der Waals surface area contributed by atoms with Crippen molar-refractivity contribution < 1.29 is 14.3 Å². The van der Waals surface area contributed by atoms with Crippen molar-refractivity contribution >= 4 is 23.3 Å². The largest absolute Gasteiger partial charge is 0.497 e. The first kappa shape index (κ1) is 19.7. The predicted octanol–water partition coefficient (Wildman–Crippen LogP) is 4.09. The van der Waals surface area contributed by atoms with Crippen molar-refractivity contribution in [2.45, 2.75) is 45.7 Å². The fraction of sp³-hybridized carbons (Fsp3) is 0.364. The molecular weight excluding hydrogens is 354 g/mol. The zero-order chi connectivity index (χ0) is 20.3. The van der Waals surface area contributed by atoms with Crippen molar-refractivity contribution in [3.8, 4) is 5.75 Å². The molecule has 0 bridgehead atoms. The number of fused-ring (bicyclic) bond motifs is 1. The maximum Gasteiger partial charge on any atom is 0.319 e. The minimum absolute atomic E-state index is 0.0986. The summed E-state index contributed by atoms with van der Waals surface area (Å²) in [5, 5.41) is 5.75. The van der Waals surface area contributed by atoms with Gasteiger partial charge in [0.15, 0.2) is 0 Å². The number of anilines is 2. The number of benzene rings is 2. The van der Waals surface area contributed by atoms with Crippen LogP contribution in [-0.2, 0) is 17.8 Å². The molecule has 0 aromatic heterocycles. The van der Waals surface area contributed by atoms with E-state index in [-0.39, 0.29) is 17.5 Å². The Kier molecular flexibility index (Phi) is 5.58. The summed E-state index contributed by atoms with van der Waals surface area (Å²) in [5.74, 6) is 0.869. The van der Waals surface area contributed by atoms with Gasteiger partial charge in [0.1, 0.15) is 5.75 Å². The van der Waals surface area contributed by atoms with Crippen molar-refractivity contribution in [2.75, 3.05) is 17.3 Å². The molecule has 1 aliphatic rings. The maximum absolute atomic E-state index is 12.6. The van der Waals surface area contributed by atoms with Gasteiger partial charge in [-0.2, -0.15) is 0 Å². The maximum atomic E-state index is 12.6. The second-order valence-electron chi connectivity index (χ2n) is 8.00. The van der Waals surface area contributed by atoms with Crippen LogP contribution in [0.3, 0.4) is 0 Å². The highest BCUT2D eigenvalue weighted by Gasteiger charge is 2.25. The zero-order valence-electron chi connectivity index (χ0n) is 16.8. The lowest BCUT2D eigenvalue weighted by Crippen LogP contribution is -2.43. The Morgan fingerprint density at radius 2 is 1.93 bits per heavy atom. The average molecular weight is 381 g/mol. The molecule has 3 amide bonds. The molecule has 3 rings (SSSR count). The number of methoxy groups -OCH3 is 1. The Labute approximate surface area is 165 Å². The molecule has 0 spiro atoms. The normalized spacial score (nSPS) is 13.7. The van der Waals surface area contributed by atoms with E-state index in [0.29, 0.717) is 19.4 Å². The number of rotatable bonds is 4. The second-order valence-corrected chi connectivity index (χ2v) is 8.00. The van der Waals surface area contributed by atoms with E-state index in [1.54, 1.807) is 12.0 Å². The van der Waals surface area contributed by atoms with Gasteiger partial charge in [-0.3, -0.25) is 4.79 Å². The van der Waals surface area contributed by atoms with E-state index in [1.807, 2.05) is 63.2 Å². The molecule has 6 nitrogen and oxygen atoms in total. The Morgan fingerprint density at radius 3 is 2.64 bits per heavy atom. The van der Waals surface area contributed by atoms with Crippen LogP contribution in [0.4, 0.5) is 16.2 Å². The first-order valence-corrected chi connectivity index (χ1v) is 9.40. The molecule has 1 aliphatic heterocycles. The van der Waals surface area contributed by atoms with E-state index < -0.39 is 0 Å². The van der Waals surface area contributed by atoms with Gasteiger partial charge in [-0.1, -0.05) is 12.1 Å². The van der Waals surface area contributed by atoms with Gasteiger partial charge in [-0.25, -0.2) is 4.79 Å². The Balaban J connectivity index is 1.79. The number of aryl methyl sites for hydroxylation is 1. The molecule has 0 unspecified atom stereocenters. The first-order valence-electron chi connectivity index (χ1n) is 9.40. The summed E-state index contributed by atoms with van der Waals surface area (Å²) in [6.45, 7) is 6.28. The van der Waals surface area contributed by atoms with Gasteiger partial charge in [0.05, 0.1) is 13.7 Å². The van der Waals surface area contributed by atoms with E-state index in [2.05, 4.69) is 10.6 Å². The predicted molar refractivity (Wildman–Crippen MR) is 111 cm³/mol. The van der Waals surface area contributed by atoms with Gasteiger partial charge in [-0.15, -0.1) is 0 Å². The lowest BCUT2D eigenvalue weighted by Gasteiger charge is -2.30. The Bertz CT molecular complexity index is 887. The smallest absolute Gasteiger partial charge is 0.319 e. The SMILES string of the molecule is COc1cccc(CN2C(=O)CCc3cc(NC(=O)NC(C)(C)C)ccc32)c1. The Morgan fingerprint density at radius 1 is 1.14 bits per heavy atom. The number of carbonyl (C=O) groups is 2. The van der Waals surface area contributed by atoms with Gasteiger partial charge in [0.2, 0.25) is 5.91 Å². The van der Waals surface area contributed by atoms with Gasteiger partial charge in [0.25, 0.3) is 0 Å². The fourth-order valence-electron chi connectivity index (χ4n) is 3.27. The van der Waals surface area contributed by atoms with Crippen LogP contribution in [0.15, 0.2) is 42.5 Å². The molecule has 2 aromatic rings. The van der Waals surface area contributed by atoms with Crippen LogP contribution in [0.5, 0.6) is 5.75 Å². The summed E-state index contributed by atoms with van der Waals surface area (Å²) >= 11 is 0. The van der Waals surface area contributed by atoms with Crippen LogP contribution in [0.25, 0.3) is 0 Å². The number of ether oxygens (including phenoxy) is 1. The summed E-state index contributed by atoms with van der Waals surface area (Å²) in [4.78, 5) is 26.5. The van der Waals surface area contributed by atoms with Crippen LogP contribution in [0, 0.1) is 0 Å². The lowest BCUT2D eigenvalue weighted by atomic mass is 9.99. The molecule has 28 heavy (non-hydrogen) atoms. The van der Waals surface area contributed by atoms with E-state index in [0.717, 1.165) is 28.3 Å². The topological polar surface area (TPSA) is 70.7 Å². The van der Waals surface area contributed by atoms with E-state index in [9.17, 15) is 9.59 Å². The number of hydrogen-bond acceptors (Lipinski definition) is 3. The highest BCUT2D eigenvalue weighted by molar-refractivity contribution is 5.97. The third kappa shape index (κ3) is 4.82. The molecule has 6 heteroatoms. The molecule has 0 radical (unpaired) electrons. The van der Waals surface area contributed by atoms with Crippen molar-refractivity contribution in [3.05, 3.63) is 53.6 Å². The molecule has 0 saturated heterocycles. The monoisotopic (exact) mass is 381 g/mol. The minimum Gasteiger partial charge on any atom is -0.497 e. The number of carbonyl (C=O) groups excluding carboxylic acids is 2. The number of amides is 3. The fourth-order valence-corrected chi connectivity index (χ4v) is 3.27. The number of urea groups is 1. The van der Waals surface area contributed by atoms with Crippen molar-refractivity contribution in [1.29, 1.82) is 0 Å². The quantitative estimate of drug-likeness (QED) is 0.838. The summed E-state index contributed by atoms with van der Waals surface area (Å²) in [6, 6.07) is 13.2. The molecule has 2 N–H and O–H groups in total. The van der Waals surface area contributed by atoms with Crippen molar-refractivity contribution in [1.82, 2.24) is 5.32 Å². The highest BCUT2D eigenvalue weighted by atomic mass is 16.5. The molecule has 0 fully saturated rings. The summed E-state index contributed by atoms with van der Waals surface area (Å²) in [6.07, 6.45) is 1.12. The number of nitrogens with one attached hydrogen (secondary N) is 2. The van der Waals surface area contributed by atoms with Crippen LogP contribution in [-0.4, -0.2) is 24.6 Å². The van der Waals surface area contributed by atoms with Crippen LogP contribution in [0.1, 0.15) is 38.3 Å².